The SMILES string of the molecule is CC(C)COC[C@H](O)CN(Cc1ccc2c(c1)OCO2)Cc1cccs1. The first kappa shape index (κ1) is 19.2. The number of thiophene rings is 1. The number of aliphatic hydroxyl groups excluding tert-OH is 1. The van der Waals surface area contributed by atoms with Crippen LogP contribution in [-0.4, -0.2) is 42.7 Å². The van der Waals surface area contributed by atoms with Crippen LogP contribution >= 0.6 is 11.3 Å². The average molecular weight is 378 g/mol. The van der Waals surface area contributed by atoms with Gasteiger partial charge in [-0.05, 0) is 35.1 Å². The summed E-state index contributed by atoms with van der Waals surface area (Å²) in [4.78, 5) is 3.52. The van der Waals surface area contributed by atoms with Crippen molar-refractivity contribution in [2.75, 3.05) is 26.6 Å². The van der Waals surface area contributed by atoms with Crippen LogP contribution in [0, 0.1) is 5.92 Å². The zero-order valence-electron chi connectivity index (χ0n) is 15.4. The quantitative estimate of drug-likeness (QED) is 0.687. The lowest BCUT2D eigenvalue weighted by Gasteiger charge is -2.25. The topological polar surface area (TPSA) is 51.2 Å². The molecule has 0 saturated carbocycles. The Bertz CT molecular complexity index is 674. The molecule has 0 amide bonds. The molecule has 2 heterocycles. The maximum absolute atomic E-state index is 10.4. The summed E-state index contributed by atoms with van der Waals surface area (Å²) in [7, 11) is 0. The molecule has 0 radical (unpaired) electrons. The molecular formula is C20H27NO4S. The van der Waals surface area contributed by atoms with E-state index in [9.17, 15) is 5.11 Å². The number of hydrogen-bond donors (Lipinski definition) is 1. The summed E-state index contributed by atoms with van der Waals surface area (Å²) in [6.45, 7) is 7.62. The molecule has 1 aliphatic heterocycles. The number of hydrogen-bond acceptors (Lipinski definition) is 6. The van der Waals surface area contributed by atoms with E-state index in [1.807, 2.05) is 12.1 Å². The Morgan fingerprint density at radius 3 is 2.77 bits per heavy atom. The van der Waals surface area contributed by atoms with Gasteiger partial charge in [0.25, 0.3) is 0 Å². The second-order valence-corrected chi connectivity index (χ2v) is 8.05. The zero-order valence-corrected chi connectivity index (χ0v) is 16.2. The zero-order chi connectivity index (χ0) is 18.4. The highest BCUT2D eigenvalue weighted by molar-refractivity contribution is 7.09. The Balaban J connectivity index is 1.61. The summed E-state index contributed by atoms with van der Waals surface area (Å²) in [5.74, 6) is 2.05. The lowest BCUT2D eigenvalue weighted by Crippen LogP contribution is -2.34. The third-order valence-electron chi connectivity index (χ3n) is 4.03. The Kier molecular flexibility index (Phi) is 6.91. The number of rotatable bonds is 10. The van der Waals surface area contributed by atoms with Gasteiger partial charge in [-0.3, -0.25) is 4.90 Å². The number of ether oxygens (including phenoxy) is 3. The molecule has 2 aromatic rings. The molecule has 1 N–H and O–H groups in total. The first-order chi connectivity index (χ1) is 12.6. The number of aliphatic hydroxyl groups is 1. The van der Waals surface area contributed by atoms with Gasteiger partial charge >= 0.3 is 0 Å². The van der Waals surface area contributed by atoms with Gasteiger partial charge in [0.1, 0.15) is 0 Å². The Morgan fingerprint density at radius 2 is 2.00 bits per heavy atom. The molecule has 142 valence electrons. The van der Waals surface area contributed by atoms with E-state index in [0.717, 1.165) is 30.2 Å². The van der Waals surface area contributed by atoms with Crippen molar-refractivity contribution >= 4 is 11.3 Å². The van der Waals surface area contributed by atoms with Crippen LogP contribution in [0.5, 0.6) is 11.5 Å². The molecule has 0 spiro atoms. The summed E-state index contributed by atoms with van der Waals surface area (Å²) < 4.78 is 16.4. The standard InChI is InChI=1S/C20H27NO4S/c1-15(2)12-23-13-17(22)10-21(11-18-4-3-7-26-18)9-16-5-6-19-20(8-16)25-14-24-19/h3-8,15,17,22H,9-14H2,1-2H3/t17-/m1/s1. The molecule has 3 rings (SSSR count). The maximum atomic E-state index is 10.4. The third-order valence-corrected chi connectivity index (χ3v) is 4.89. The van der Waals surface area contributed by atoms with Gasteiger partial charge < -0.3 is 19.3 Å². The fourth-order valence-corrected chi connectivity index (χ4v) is 3.64. The molecule has 1 aromatic heterocycles. The molecule has 5 nitrogen and oxygen atoms in total. The van der Waals surface area contributed by atoms with Gasteiger partial charge in [0.2, 0.25) is 6.79 Å². The van der Waals surface area contributed by atoms with E-state index in [1.165, 1.54) is 4.88 Å². The number of benzene rings is 1. The van der Waals surface area contributed by atoms with E-state index in [-0.39, 0.29) is 6.79 Å². The second-order valence-electron chi connectivity index (χ2n) is 7.02. The van der Waals surface area contributed by atoms with Crippen LogP contribution in [-0.2, 0) is 17.8 Å². The first-order valence-corrected chi connectivity index (χ1v) is 9.87. The van der Waals surface area contributed by atoms with Crippen molar-refractivity contribution in [1.82, 2.24) is 4.90 Å². The van der Waals surface area contributed by atoms with E-state index < -0.39 is 6.10 Å². The molecule has 1 aromatic carbocycles. The van der Waals surface area contributed by atoms with Gasteiger partial charge in [-0.2, -0.15) is 0 Å². The predicted molar refractivity (Wildman–Crippen MR) is 103 cm³/mol. The minimum atomic E-state index is -0.511. The highest BCUT2D eigenvalue weighted by atomic mass is 32.1. The van der Waals surface area contributed by atoms with Crippen LogP contribution in [0.4, 0.5) is 0 Å². The molecule has 1 aliphatic rings. The van der Waals surface area contributed by atoms with E-state index in [4.69, 9.17) is 14.2 Å². The van der Waals surface area contributed by atoms with Crippen LogP contribution in [0.1, 0.15) is 24.3 Å². The lowest BCUT2D eigenvalue weighted by molar-refractivity contribution is 0.00569. The van der Waals surface area contributed by atoms with E-state index in [0.29, 0.717) is 25.7 Å². The maximum Gasteiger partial charge on any atom is 0.231 e. The minimum absolute atomic E-state index is 0.281. The summed E-state index contributed by atoms with van der Waals surface area (Å²) in [6, 6.07) is 10.2. The van der Waals surface area contributed by atoms with Crippen LogP contribution < -0.4 is 9.47 Å². The Labute approximate surface area is 159 Å². The summed E-state index contributed by atoms with van der Waals surface area (Å²) in [5, 5.41) is 12.5. The number of fused-ring (bicyclic) bond motifs is 1. The van der Waals surface area contributed by atoms with Gasteiger partial charge in [0.15, 0.2) is 11.5 Å². The Hall–Kier alpha value is -1.60. The van der Waals surface area contributed by atoms with Gasteiger partial charge in [0, 0.05) is 31.1 Å². The predicted octanol–water partition coefficient (Wildman–Crippen LogP) is 3.51. The molecule has 26 heavy (non-hydrogen) atoms. The summed E-state index contributed by atoms with van der Waals surface area (Å²) >= 11 is 1.73. The summed E-state index contributed by atoms with van der Waals surface area (Å²) in [6.07, 6.45) is -0.511. The van der Waals surface area contributed by atoms with Crippen molar-refractivity contribution < 1.29 is 19.3 Å². The molecule has 0 unspecified atom stereocenters. The largest absolute Gasteiger partial charge is 0.454 e. The molecule has 0 fully saturated rings. The van der Waals surface area contributed by atoms with Gasteiger partial charge in [0.05, 0.1) is 12.7 Å². The highest BCUT2D eigenvalue weighted by Gasteiger charge is 2.17. The van der Waals surface area contributed by atoms with E-state index >= 15 is 0 Å². The normalized spacial score (nSPS) is 14.3. The van der Waals surface area contributed by atoms with E-state index in [1.54, 1.807) is 11.3 Å². The minimum Gasteiger partial charge on any atom is -0.454 e. The monoisotopic (exact) mass is 377 g/mol. The van der Waals surface area contributed by atoms with Gasteiger partial charge in [-0.1, -0.05) is 26.0 Å². The molecular weight excluding hydrogens is 350 g/mol. The van der Waals surface area contributed by atoms with Crippen molar-refractivity contribution in [3.05, 3.63) is 46.2 Å². The van der Waals surface area contributed by atoms with Crippen molar-refractivity contribution in [1.29, 1.82) is 0 Å². The first-order valence-electron chi connectivity index (χ1n) is 8.99. The Morgan fingerprint density at radius 1 is 1.15 bits per heavy atom. The smallest absolute Gasteiger partial charge is 0.231 e. The highest BCUT2D eigenvalue weighted by Crippen LogP contribution is 2.33. The van der Waals surface area contributed by atoms with E-state index in [2.05, 4.69) is 42.3 Å². The van der Waals surface area contributed by atoms with Crippen LogP contribution in [0.2, 0.25) is 0 Å². The lowest BCUT2D eigenvalue weighted by atomic mass is 10.1. The number of nitrogens with zero attached hydrogens (tertiary/aromatic N) is 1. The molecule has 6 heteroatoms. The van der Waals surface area contributed by atoms with Crippen molar-refractivity contribution in [3.8, 4) is 11.5 Å². The molecule has 0 saturated heterocycles. The van der Waals surface area contributed by atoms with Gasteiger partial charge in [-0.15, -0.1) is 11.3 Å². The van der Waals surface area contributed by atoms with Gasteiger partial charge in [-0.25, -0.2) is 0 Å². The molecule has 0 bridgehead atoms. The van der Waals surface area contributed by atoms with Crippen LogP contribution in [0.15, 0.2) is 35.7 Å². The third kappa shape index (κ3) is 5.71. The molecule has 0 aliphatic carbocycles. The van der Waals surface area contributed by atoms with Crippen molar-refractivity contribution in [3.63, 3.8) is 0 Å². The fourth-order valence-electron chi connectivity index (χ4n) is 2.90. The van der Waals surface area contributed by atoms with Crippen LogP contribution in [0.3, 0.4) is 0 Å². The summed E-state index contributed by atoms with van der Waals surface area (Å²) in [5.41, 5.74) is 1.14. The molecule has 1 atom stereocenters. The average Bonchev–Trinajstić information content (AvgIpc) is 3.25. The second kappa shape index (κ2) is 9.37. The van der Waals surface area contributed by atoms with Crippen molar-refractivity contribution in [2.45, 2.75) is 33.0 Å². The van der Waals surface area contributed by atoms with Crippen LogP contribution in [0.25, 0.3) is 0 Å². The fraction of sp³-hybridized carbons (Fsp3) is 0.500. The van der Waals surface area contributed by atoms with Crippen molar-refractivity contribution in [2.24, 2.45) is 5.92 Å².